The molecule has 0 aliphatic rings. The van der Waals surface area contributed by atoms with E-state index in [1.54, 1.807) is 22.8 Å². The summed E-state index contributed by atoms with van der Waals surface area (Å²) in [6, 6.07) is 18.8. The number of aromatic nitrogens is 2. The minimum Gasteiger partial charge on any atom is -0.507 e. The van der Waals surface area contributed by atoms with Crippen molar-refractivity contribution in [2.24, 2.45) is 0 Å². The number of nitrogens with zero attached hydrogens (tertiary/aromatic N) is 2. The van der Waals surface area contributed by atoms with E-state index in [0.717, 1.165) is 10.8 Å². The molecule has 0 radical (unpaired) electrons. The molecule has 0 atom stereocenters. The lowest BCUT2D eigenvalue weighted by molar-refractivity contribution is 0.475. The minimum atomic E-state index is -0.0557. The van der Waals surface area contributed by atoms with Crippen LogP contribution in [-0.2, 0) is 6.54 Å². The summed E-state index contributed by atoms with van der Waals surface area (Å²) in [5, 5.41) is 12.9. The number of rotatable bonds is 3. The maximum atomic E-state index is 12.7. The van der Waals surface area contributed by atoms with Gasteiger partial charge in [0.25, 0.3) is 5.56 Å². The van der Waals surface area contributed by atoms with Crippen LogP contribution in [0, 0.1) is 0 Å². The van der Waals surface area contributed by atoms with Crippen molar-refractivity contribution in [2.45, 2.75) is 13.5 Å². The van der Waals surface area contributed by atoms with Gasteiger partial charge in [-0.05, 0) is 48.0 Å². The molecule has 4 rings (SSSR count). The van der Waals surface area contributed by atoms with Gasteiger partial charge in [-0.1, -0.05) is 42.5 Å². The SMILES string of the molecule is CCn1c(C=Cc2c(O)ccc3ccccc23)nc2ccccc2c1=O. The van der Waals surface area contributed by atoms with Crippen molar-refractivity contribution in [1.29, 1.82) is 0 Å². The van der Waals surface area contributed by atoms with Gasteiger partial charge in [0.1, 0.15) is 11.6 Å². The number of phenolic OH excluding ortho intramolecular Hbond substituents is 1. The van der Waals surface area contributed by atoms with Crippen LogP contribution in [-0.4, -0.2) is 14.7 Å². The van der Waals surface area contributed by atoms with E-state index < -0.39 is 0 Å². The van der Waals surface area contributed by atoms with Gasteiger partial charge in [0.15, 0.2) is 0 Å². The van der Waals surface area contributed by atoms with Gasteiger partial charge in [0, 0.05) is 12.1 Å². The van der Waals surface area contributed by atoms with Crippen LogP contribution in [0.3, 0.4) is 0 Å². The molecule has 26 heavy (non-hydrogen) atoms. The van der Waals surface area contributed by atoms with Gasteiger partial charge in [-0.15, -0.1) is 0 Å². The molecule has 1 N–H and O–H groups in total. The smallest absolute Gasteiger partial charge is 0.261 e. The van der Waals surface area contributed by atoms with Crippen molar-refractivity contribution < 1.29 is 5.11 Å². The number of phenols is 1. The molecule has 0 aliphatic carbocycles. The molecule has 0 spiro atoms. The monoisotopic (exact) mass is 342 g/mol. The largest absolute Gasteiger partial charge is 0.507 e. The Balaban J connectivity index is 1.91. The second-order valence-electron chi connectivity index (χ2n) is 6.09. The summed E-state index contributed by atoms with van der Waals surface area (Å²) in [5.74, 6) is 0.773. The Morgan fingerprint density at radius 2 is 1.69 bits per heavy atom. The molecule has 0 amide bonds. The van der Waals surface area contributed by atoms with Gasteiger partial charge in [-0.3, -0.25) is 9.36 Å². The Labute approximate surface area is 150 Å². The van der Waals surface area contributed by atoms with E-state index in [9.17, 15) is 9.90 Å². The van der Waals surface area contributed by atoms with Crippen LogP contribution in [0.1, 0.15) is 18.3 Å². The Morgan fingerprint density at radius 3 is 2.50 bits per heavy atom. The third-order valence-corrected chi connectivity index (χ3v) is 4.55. The quantitative estimate of drug-likeness (QED) is 0.598. The maximum absolute atomic E-state index is 12.7. The second kappa shape index (κ2) is 6.48. The summed E-state index contributed by atoms with van der Waals surface area (Å²) in [4.78, 5) is 17.3. The van der Waals surface area contributed by atoms with Crippen LogP contribution in [0.4, 0.5) is 0 Å². The average molecular weight is 342 g/mol. The molecule has 4 heteroatoms. The van der Waals surface area contributed by atoms with Crippen molar-refractivity contribution in [3.05, 3.63) is 82.4 Å². The Morgan fingerprint density at radius 1 is 0.962 bits per heavy atom. The van der Waals surface area contributed by atoms with Crippen molar-refractivity contribution in [1.82, 2.24) is 9.55 Å². The lowest BCUT2D eigenvalue weighted by Gasteiger charge is -2.09. The predicted octanol–water partition coefficient (Wildman–Crippen LogP) is 4.45. The number of para-hydroxylation sites is 1. The molecule has 0 aliphatic heterocycles. The van der Waals surface area contributed by atoms with Crippen molar-refractivity contribution in [3.63, 3.8) is 0 Å². The van der Waals surface area contributed by atoms with Gasteiger partial charge in [0.05, 0.1) is 10.9 Å². The van der Waals surface area contributed by atoms with Crippen LogP contribution in [0.2, 0.25) is 0 Å². The van der Waals surface area contributed by atoms with E-state index in [1.807, 2.05) is 61.5 Å². The second-order valence-corrected chi connectivity index (χ2v) is 6.09. The highest BCUT2D eigenvalue weighted by Crippen LogP contribution is 2.28. The first kappa shape index (κ1) is 16.1. The maximum Gasteiger partial charge on any atom is 0.261 e. The van der Waals surface area contributed by atoms with E-state index in [1.165, 1.54) is 0 Å². The zero-order valence-corrected chi connectivity index (χ0v) is 14.4. The lowest BCUT2D eigenvalue weighted by Crippen LogP contribution is -2.22. The summed E-state index contributed by atoms with van der Waals surface area (Å²) in [7, 11) is 0. The van der Waals surface area contributed by atoms with Crippen molar-refractivity contribution >= 4 is 33.8 Å². The third-order valence-electron chi connectivity index (χ3n) is 4.55. The topological polar surface area (TPSA) is 55.1 Å². The van der Waals surface area contributed by atoms with Gasteiger partial charge < -0.3 is 5.11 Å². The molecule has 4 aromatic rings. The van der Waals surface area contributed by atoms with E-state index in [2.05, 4.69) is 4.98 Å². The zero-order valence-electron chi connectivity index (χ0n) is 14.4. The molecule has 0 saturated heterocycles. The van der Waals surface area contributed by atoms with Gasteiger partial charge >= 0.3 is 0 Å². The van der Waals surface area contributed by atoms with Crippen LogP contribution in [0.5, 0.6) is 5.75 Å². The zero-order chi connectivity index (χ0) is 18.1. The predicted molar refractivity (Wildman–Crippen MR) is 106 cm³/mol. The lowest BCUT2D eigenvalue weighted by atomic mass is 10.0. The van der Waals surface area contributed by atoms with E-state index in [4.69, 9.17) is 0 Å². The molecule has 3 aromatic carbocycles. The molecule has 0 bridgehead atoms. The first-order chi connectivity index (χ1) is 12.7. The average Bonchev–Trinajstić information content (AvgIpc) is 2.67. The Kier molecular flexibility index (Phi) is 4.01. The van der Waals surface area contributed by atoms with Crippen LogP contribution in [0.15, 0.2) is 65.5 Å². The molecule has 0 fully saturated rings. The summed E-state index contributed by atoms with van der Waals surface area (Å²) in [5.41, 5.74) is 1.33. The highest BCUT2D eigenvalue weighted by molar-refractivity contribution is 5.95. The molecular formula is C22H18N2O2. The van der Waals surface area contributed by atoms with Crippen LogP contribution >= 0.6 is 0 Å². The summed E-state index contributed by atoms with van der Waals surface area (Å²) in [6.07, 6.45) is 3.61. The molecule has 128 valence electrons. The van der Waals surface area contributed by atoms with Crippen LogP contribution in [0.25, 0.3) is 33.8 Å². The van der Waals surface area contributed by atoms with Crippen LogP contribution < -0.4 is 5.56 Å². The summed E-state index contributed by atoms with van der Waals surface area (Å²) < 4.78 is 1.64. The number of benzene rings is 3. The van der Waals surface area contributed by atoms with E-state index >= 15 is 0 Å². The van der Waals surface area contributed by atoms with E-state index in [-0.39, 0.29) is 11.3 Å². The van der Waals surface area contributed by atoms with Gasteiger partial charge in [-0.2, -0.15) is 0 Å². The number of hydrogen-bond donors (Lipinski definition) is 1. The first-order valence-electron chi connectivity index (χ1n) is 8.57. The summed E-state index contributed by atoms with van der Waals surface area (Å²) in [6.45, 7) is 2.45. The van der Waals surface area contributed by atoms with Gasteiger partial charge in [-0.25, -0.2) is 4.98 Å². The molecule has 4 nitrogen and oxygen atoms in total. The molecule has 1 heterocycles. The highest BCUT2D eigenvalue weighted by atomic mass is 16.3. The summed E-state index contributed by atoms with van der Waals surface area (Å²) >= 11 is 0. The third kappa shape index (κ3) is 2.65. The number of fused-ring (bicyclic) bond motifs is 2. The molecule has 0 saturated carbocycles. The Hall–Kier alpha value is -3.40. The van der Waals surface area contributed by atoms with Crippen molar-refractivity contribution in [2.75, 3.05) is 0 Å². The van der Waals surface area contributed by atoms with E-state index in [0.29, 0.717) is 28.8 Å². The standard InChI is InChI=1S/C22H18N2O2/c1-2-24-21(23-19-10-6-5-9-18(19)22(24)26)14-12-17-16-8-4-3-7-15(16)11-13-20(17)25/h3-14,25H,2H2,1H3. The fourth-order valence-electron chi connectivity index (χ4n) is 3.24. The van der Waals surface area contributed by atoms with Crippen molar-refractivity contribution in [3.8, 4) is 5.75 Å². The molecule has 1 aromatic heterocycles. The van der Waals surface area contributed by atoms with Gasteiger partial charge in [0.2, 0.25) is 0 Å². The molecular weight excluding hydrogens is 324 g/mol. The fraction of sp³-hybridized carbons (Fsp3) is 0.0909. The minimum absolute atomic E-state index is 0.0557. The number of hydrogen-bond acceptors (Lipinski definition) is 3. The fourth-order valence-corrected chi connectivity index (χ4v) is 3.24. The Bertz CT molecular complexity index is 1210. The normalized spacial score (nSPS) is 11.6. The highest BCUT2D eigenvalue weighted by Gasteiger charge is 2.08. The first-order valence-corrected chi connectivity index (χ1v) is 8.57. The molecule has 0 unspecified atom stereocenters. The number of aromatic hydroxyl groups is 1.